The molecule has 0 bridgehead atoms. The van der Waals surface area contributed by atoms with E-state index in [0.717, 1.165) is 5.56 Å². The van der Waals surface area contributed by atoms with Crippen LogP contribution in [0.4, 0.5) is 0 Å². The Hall–Kier alpha value is -1.06. The van der Waals surface area contributed by atoms with Gasteiger partial charge in [-0.3, -0.25) is 0 Å². The fourth-order valence-electron chi connectivity index (χ4n) is 1.56. The first-order chi connectivity index (χ1) is 7.65. The molecular weight excluding hydrogens is 268 g/mol. The molecule has 0 aliphatic carbocycles. The lowest BCUT2D eigenvalue weighted by molar-refractivity contribution is 0.149. The molecule has 1 unspecified atom stereocenters. The molecule has 0 spiro atoms. The van der Waals surface area contributed by atoms with Crippen LogP contribution >= 0.6 is 15.9 Å². The van der Waals surface area contributed by atoms with Crippen LogP contribution in [-0.2, 0) is 6.42 Å². The van der Waals surface area contributed by atoms with Crippen molar-refractivity contribution in [1.82, 2.24) is 0 Å². The largest absolute Gasteiger partial charge is 0.452 e. The summed E-state index contributed by atoms with van der Waals surface area (Å²) in [5.74, 6) is 0.590. The van der Waals surface area contributed by atoms with Crippen LogP contribution in [-0.4, -0.2) is 5.11 Å². The number of hydrogen-bond donors (Lipinski definition) is 1. The van der Waals surface area contributed by atoms with E-state index < -0.39 is 6.10 Å². The van der Waals surface area contributed by atoms with Gasteiger partial charge in [0.05, 0.1) is 0 Å². The Morgan fingerprint density at radius 2 is 1.88 bits per heavy atom. The molecular formula is C13H13BrO2. The zero-order chi connectivity index (χ0) is 11.5. The van der Waals surface area contributed by atoms with E-state index >= 15 is 0 Å². The van der Waals surface area contributed by atoms with Crippen LogP contribution in [0.5, 0.6) is 0 Å². The molecule has 1 atom stereocenters. The Bertz CT molecular complexity index is 459. The number of aryl methyl sites for hydroxylation is 1. The van der Waals surface area contributed by atoms with E-state index in [1.807, 2.05) is 31.2 Å². The van der Waals surface area contributed by atoms with Gasteiger partial charge in [0, 0.05) is 6.42 Å². The van der Waals surface area contributed by atoms with Crippen LogP contribution in [0.2, 0.25) is 0 Å². The lowest BCUT2D eigenvalue weighted by atomic mass is 10.1. The van der Waals surface area contributed by atoms with Gasteiger partial charge in [-0.15, -0.1) is 0 Å². The maximum absolute atomic E-state index is 9.94. The zero-order valence-corrected chi connectivity index (χ0v) is 10.6. The van der Waals surface area contributed by atoms with E-state index in [1.165, 1.54) is 5.56 Å². The number of aliphatic hydroxyl groups excluding tert-OH is 1. The molecule has 2 aromatic rings. The summed E-state index contributed by atoms with van der Waals surface area (Å²) in [4.78, 5) is 0. The molecule has 0 saturated heterocycles. The molecule has 0 saturated carbocycles. The van der Waals surface area contributed by atoms with Crippen molar-refractivity contribution < 1.29 is 9.52 Å². The third kappa shape index (κ3) is 2.74. The standard InChI is InChI=1S/C13H13BrO2/c1-9-2-4-10(5-3-9)8-11(15)12-6-7-13(14)16-12/h2-7,11,15H,8H2,1H3. The Kier molecular flexibility index (Phi) is 3.46. The molecule has 16 heavy (non-hydrogen) atoms. The van der Waals surface area contributed by atoms with Gasteiger partial charge in [-0.25, -0.2) is 0 Å². The highest BCUT2D eigenvalue weighted by atomic mass is 79.9. The second-order valence-corrected chi connectivity index (χ2v) is 4.63. The van der Waals surface area contributed by atoms with E-state index in [-0.39, 0.29) is 0 Å². The first kappa shape index (κ1) is 11.4. The lowest BCUT2D eigenvalue weighted by Gasteiger charge is -2.07. The highest BCUT2D eigenvalue weighted by Crippen LogP contribution is 2.23. The molecule has 0 fully saturated rings. The quantitative estimate of drug-likeness (QED) is 0.932. The van der Waals surface area contributed by atoms with Gasteiger partial charge < -0.3 is 9.52 Å². The van der Waals surface area contributed by atoms with Crippen molar-refractivity contribution in [1.29, 1.82) is 0 Å². The lowest BCUT2D eigenvalue weighted by Crippen LogP contribution is -2.00. The van der Waals surface area contributed by atoms with Crippen LogP contribution in [0.3, 0.4) is 0 Å². The summed E-state index contributed by atoms with van der Waals surface area (Å²) in [6.07, 6.45) is -0.0192. The van der Waals surface area contributed by atoms with Gasteiger partial charge in [-0.05, 0) is 40.5 Å². The van der Waals surface area contributed by atoms with Crippen LogP contribution in [0.15, 0.2) is 45.5 Å². The normalized spacial score (nSPS) is 12.7. The molecule has 0 aliphatic rings. The van der Waals surface area contributed by atoms with Gasteiger partial charge in [-0.1, -0.05) is 29.8 Å². The number of rotatable bonds is 3. The molecule has 2 nitrogen and oxygen atoms in total. The molecule has 84 valence electrons. The Labute approximate surface area is 103 Å². The molecule has 3 heteroatoms. The average molecular weight is 281 g/mol. The van der Waals surface area contributed by atoms with Crippen molar-refractivity contribution in [2.45, 2.75) is 19.4 Å². The topological polar surface area (TPSA) is 33.4 Å². The van der Waals surface area contributed by atoms with Crippen molar-refractivity contribution in [2.24, 2.45) is 0 Å². The predicted octanol–water partition coefficient (Wildman–Crippen LogP) is 3.63. The van der Waals surface area contributed by atoms with Gasteiger partial charge in [0.15, 0.2) is 4.67 Å². The van der Waals surface area contributed by atoms with Crippen LogP contribution < -0.4 is 0 Å². The summed E-state index contributed by atoms with van der Waals surface area (Å²) in [5, 5.41) is 9.94. The number of aliphatic hydroxyl groups is 1. The molecule has 0 radical (unpaired) electrons. The van der Waals surface area contributed by atoms with E-state index in [9.17, 15) is 5.11 Å². The highest BCUT2D eigenvalue weighted by Gasteiger charge is 2.12. The fraction of sp³-hybridized carbons (Fsp3) is 0.231. The van der Waals surface area contributed by atoms with E-state index in [1.54, 1.807) is 12.1 Å². The first-order valence-corrected chi connectivity index (χ1v) is 5.93. The third-order valence-electron chi connectivity index (χ3n) is 2.47. The van der Waals surface area contributed by atoms with Crippen LogP contribution in [0.25, 0.3) is 0 Å². The molecule has 1 aromatic heterocycles. The fourth-order valence-corrected chi connectivity index (χ4v) is 1.87. The zero-order valence-electron chi connectivity index (χ0n) is 8.98. The molecule has 2 rings (SSSR count). The minimum absolute atomic E-state index is 0.570. The van der Waals surface area contributed by atoms with Crippen molar-refractivity contribution in [2.75, 3.05) is 0 Å². The van der Waals surface area contributed by atoms with Gasteiger partial charge in [0.25, 0.3) is 0 Å². The summed E-state index contributed by atoms with van der Waals surface area (Å²) in [5.41, 5.74) is 2.32. The van der Waals surface area contributed by atoms with Crippen molar-refractivity contribution in [3.63, 3.8) is 0 Å². The number of hydrogen-bond acceptors (Lipinski definition) is 2. The summed E-state index contributed by atoms with van der Waals surface area (Å²) < 4.78 is 5.95. The summed E-state index contributed by atoms with van der Waals surface area (Å²) >= 11 is 3.22. The van der Waals surface area contributed by atoms with Crippen LogP contribution in [0.1, 0.15) is 23.0 Å². The maximum atomic E-state index is 9.94. The van der Waals surface area contributed by atoms with E-state index in [2.05, 4.69) is 15.9 Å². The Morgan fingerprint density at radius 3 is 2.44 bits per heavy atom. The molecule has 1 heterocycles. The first-order valence-electron chi connectivity index (χ1n) is 5.14. The Balaban J connectivity index is 2.07. The molecule has 0 amide bonds. The minimum Gasteiger partial charge on any atom is -0.452 e. The third-order valence-corrected chi connectivity index (χ3v) is 2.90. The number of furan rings is 1. The van der Waals surface area contributed by atoms with Crippen molar-refractivity contribution in [3.8, 4) is 0 Å². The predicted molar refractivity (Wildman–Crippen MR) is 66.3 cm³/mol. The maximum Gasteiger partial charge on any atom is 0.169 e. The van der Waals surface area contributed by atoms with Gasteiger partial charge >= 0.3 is 0 Å². The van der Waals surface area contributed by atoms with E-state index in [0.29, 0.717) is 16.9 Å². The highest BCUT2D eigenvalue weighted by molar-refractivity contribution is 9.10. The van der Waals surface area contributed by atoms with Gasteiger partial charge in [0.2, 0.25) is 0 Å². The Morgan fingerprint density at radius 1 is 1.19 bits per heavy atom. The van der Waals surface area contributed by atoms with E-state index in [4.69, 9.17) is 4.42 Å². The molecule has 1 aromatic carbocycles. The number of halogens is 1. The molecule has 1 N–H and O–H groups in total. The van der Waals surface area contributed by atoms with Crippen LogP contribution in [0, 0.1) is 6.92 Å². The average Bonchev–Trinajstić information content (AvgIpc) is 2.68. The van der Waals surface area contributed by atoms with Gasteiger partial charge in [-0.2, -0.15) is 0 Å². The second-order valence-electron chi connectivity index (χ2n) is 3.85. The van der Waals surface area contributed by atoms with Gasteiger partial charge in [0.1, 0.15) is 11.9 Å². The monoisotopic (exact) mass is 280 g/mol. The number of benzene rings is 1. The summed E-state index contributed by atoms with van der Waals surface area (Å²) in [7, 11) is 0. The summed E-state index contributed by atoms with van der Waals surface area (Å²) in [6, 6.07) is 11.7. The van der Waals surface area contributed by atoms with Crippen molar-refractivity contribution in [3.05, 3.63) is 58.0 Å². The van der Waals surface area contributed by atoms with Crippen molar-refractivity contribution >= 4 is 15.9 Å². The summed E-state index contributed by atoms with van der Waals surface area (Å²) in [6.45, 7) is 2.05. The smallest absolute Gasteiger partial charge is 0.169 e. The SMILES string of the molecule is Cc1ccc(CC(O)c2ccc(Br)o2)cc1. The molecule has 0 aliphatic heterocycles. The second kappa shape index (κ2) is 4.85. The minimum atomic E-state index is -0.589.